The second kappa shape index (κ2) is 9.48. The van der Waals surface area contributed by atoms with Crippen molar-refractivity contribution in [1.29, 1.82) is 0 Å². The number of aromatic amines is 1. The van der Waals surface area contributed by atoms with Crippen molar-refractivity contribution in [1.82, 2.24) is 14.5 Å². The van der Waals surface area contributed by atoms with Crippen LogP contribution in [-0.4, -0.2) is 44.6 Å². The number of hydrogen-bond donors (Lipinski definition) is 3. The molecule has 0 radical (unpaired) electrons. The summed E-state index contributed by atoms with van der Waals surface area (Å²) in [5.41, 5.74) is 11.0. The monoisotopic (exact) mass is 461 g/mol. The van der Waals surface area contributed by atoms with E-state index in [1.54, 1.807) is 11.8 Å². The predicted octanol–water partition coefficient (Wildman–Crippen LogP) is 2.89. The number of nitrogens with one attached hydrogen (secondary N) is 1. The van der Waals surface area contributed by atoms with Gasteiger partial charge in [-0.3, -0.25) is 14.4 Å². The summed E-state index contributed by atoms with van der Waals surface area (Å²) in [6, 6.07) is 11.9. The summed E-state index contributed by atoms with van der Waals surface area (Å²) in [5, 5.41) is 8.41. The number of rotatable bonds is 4. The van der Waals surface area contributed by atoms with Crippen molar-refractivity contribution in [3.63, 3.8) is 0 Å². The molecule has 1 aliphatic rings. The molecule has 1 amide bonds. The van der Waals surface area contributed by atoms with Gasteiger partial charge in [0.25, 0.3) is 11.5 Å². The Morgan fingerprint density at radius 2 is 1.94 bits per heavy atom. The number of anilines is 1. The lowest BCUT2D eigenvalue weighted by Crippen LogP contribution is -2.25. The van der Waals surface area contributed by atoms with E-state index in [-0.39, 0.29) is 11.5 Å². The number of nitrogens with two attached hydrogens (primary N) is 1. The first-order chi connectivity index (χ1) is 16.3. The van der Waals surface area contributed by atoms with Gasteiger partial charge in [0.15, 0.2) is 0 Å². The smallest absolute Gasteiger partial charge is 0.300 e. The van der Waals surface area contributed by atoms with Gasteiger partial charge >= 0.3 is 0 Å². The van der Waals surface area contributed by atoms with Crippen LogP contribution in [0.25, 0.3) is 33.2 Å². The first-order valence-corrected chi connectivity index (χ1v) is 11.1. The van der Waals surface area contributed by atoms with E-state index in [0.29, 0.717) is 24.3 Å². The molecule has 2 aromatic carbocycles. The van der Waals surface area contributed by atoms with Crippen molar-refractivity contribution in [2.45, 2.75) is 33.2 Å². The number of carboxylic acid groups (broad SMARTS) is 1. The van der Waals surface area contributed by atoms with Crippen molar-refractivity contribution in [2.24, 2.45) is 5.73 Å². The summed E-state index contributed by atoms with van der Waals surface area (Å²) in [6.45, 7) is 4.70. The maximum Gasteiger partial charge on any atom is 0.300 e. The Kier molecular flexibility index (Phi) is 6.47. The molecule has 0 spiro atoms. The van der Waals surface area contributed by atoms with E-state index in [4.69, 9.17) is 20.6 Å². The fourth-order valence-electron chi connectivity index (χ4n) is 4.36. The summed E-state index contributed by atoms with van der Waals surface area (Å²) in [7, 11) is 0. The van der Waals surface area contributed by atoms with Gasteiger partial charge in [-0.25, -0.2) is 4.98 Å². The number of nitrogens with zero attached hydrogens (tertiary/aromatic N) is 3. The Morgan fingerprint density at radius 3 is 2.65 bits per heavy atom. The Balaban J connectivity index is 0.000000636. The van der Waals surface area contributed by atoms with Crippen LogP contribution in [0, 0.1) is 0 Å². The normalized spacial score (nSPS) is 12.5. The minimum atomic E-state index is -0.833. The molecule has 5 rings (SSSR count). The lowest BCUT2D eigenvalue weighted by molar-refractivity contribution is -0.134. The third kappa shape index (κ3) is 4.42. The van der Waals surface area contributed by atoms with E-state index in [9.17, 15) is 9.59 Å². The van der Waals surface area contributed by atoms with Gasteiger partial charge in [-0.2, -0.15) is 0 Å². The van der Waals surface area contributed by atoms with E-state index in [2.05, 4.69) is 9.55 Å². The molecular weight excluding hydrogens is 434 g/mol. The summed E-state index contributed by atoms with van der Waals surface area (Å²) < 4.78 is 2.14. The number of para-hydroxylation sites is 1. The Bertz CT molecular complexity index is 1450. The van der Waals surface area contributed by atoms with Gasteiger partial charge in [0.1, 0.15) is 5.69 Å². The van der Waals surface area contributed by atoms with Crippen molar-refractivity contribution >= 4 is 39.5 Å². The zero-order valence-electron chi connectivity index (χ0n) is 19.2. The summed E-state index contributed by atoms with van der Waals surface area (Å²) in [6.07, 6.45) is 3.65. The number of aliphatic carboxylic acids is 1. The molecule has 3 heterocycles. The summed E-state index contributed by atoms with van der Waals surface area (Å²) in [5.74, 6) is -0.828. The molecule has 0 saturated carbocycles. The molecule has 0 fully saturated rings. The lowest BCUT2D eigenvalue weighted by Gasteiger charge is -2.15. The van der Waals surface area contributed by atoms with Crippen molar-refractivity contribution in [3.05, 3.63) is 58.5 Å². The second-order valence-corrected chi connectivity index (χ2v) is 8.25. The number of amides is 1. The highest BCUT2D eigenvalue weighted by Crippen LogP contribution is 2.33. The molecule has 9 heteroatoms. The molecule has 4 aromatic rings. The highest BCUT2D eigenvalue weighted by molar-refractivity contribution is 5.98. The second-order valence-electron chi connectivity index (χ2n) is 8.25. The van der Waals surface area contributed by atoms with E-state index in [1.807, 2.05) is 42.6 Å². The van der Waals surface area contributed by atoms with Crippen LogP contribution < -0.4 is 16.2 Å². The van der Waals surface area contributed by atoms with Crippen LogP contribution in [0.4, 0.5) is 5.69 Å². The molecule has 0 unspecified atom stereocenters. The van der Waals surface area contributed by atoms with Gasteiger partial charge < -0.3 is 25.3 Å². The quantitative estimate of drug-likeness (QED) is 0.428. The van der Waals surface area contributed by atoms with Crippen molar-refractivity contribution in [3.8, 4) is 11.3 Å². The molecule has 0 bridgehead atoms. The number of carbonyl (C=O) groups is 2. The minimum absolute atomic E-state index is 0.00492. The molecule has 0 saturated heterocycles. The fraction of sp³-hybridized carbons (Fsp3) is 0.280. The molecule has 0 atom stereocenters. The van der Waals surface area contributed by atoms with Crippen LogP contribution in [0.3, 0.4) is 0 Å². The third-order valence-electron chi connectivity index (χ3n) is 5.81. The summed E-state index contributed by atoms with van der Waals surface area (Å²) >= 11 is 0. The number of fused-ring (bicyclic) bond motifs is 3. The lowest BCUT2D eigenvalue weighted by atomic mass is 10.1. The molecule has 9 nitrogen and oxygen atoms in total. The zero-order chi connectivity index (χ0) is 24.4. The number of carbonyl (C=O) groups excluding carboxylic acids is 1. The molecule has 2 aromatic heterocycles. The van der Waals surface area contributed by atoms with Crippen LogP contribution in [0.1, 0.15) is 25.8 Å². The van der Waals surface area contributed by atoms with Crippen LogP contribution in [0.2, 0.25) is 0 Å². The van der Waals surface area contributed by atoms with Gasteiger partial charge in [-0.1, -0.05) is 18.2 Å². The molecule has 176 valence electrons. The Hall–Kier alpha value is -3.98. The fourth-order valence-corrected chi connectivity index (χ4v) is 4.36. The zero-order valence-corrected chi connectivity index (χ0v) is 19.2. The minimum Gasteiger partial charge on any atom is -0.481 e. The average Bonchev–Trinajstić information content (AvgIpc) is 3.37. The van der Waals surface area contributed by atoms with E-state index in [1.165, 1.54) is 0 Å². The van der Waals surface area contributed by atoms with Crippen LogP contribution >= 0.6 is 0 Å². The largest absolute Gasteiger partial charge is 0.481 e. The number of carboxylic acids is 1. The average molecular weight is 462 g/mol. The van der Waals surface area contributed by atoms with Gasteiger partial charge in [0.05, 0.1) is 11.0 Å². The van der Waals surface area contributed by atoms with E-state index >= 15 is 0 Å². The maximum absolute atomic E-state index is 13.0. The van der Waals surface area contributed by atoms with E-state index in [0.717, 1.165) is 59.5 Å². The number of aromatic nitrogens is 3. The molecule has 34 heavy (non-hydrogen) atoms. The Labute approximate surface area is 195 Å². The number of benzene rings is 2. The Morgan fingerprint density at radius 1 is 1.21 bits per heavy atom. The van der Waals surface area contributed by atoms with Gasteiger partial charge in [-0.05, 0) is 43.1 Å². The number of H-pyrrole nitrogens is 1. The number of aryl methyl sites for hydroxylation is 1. The van der Waals surface area contributed by atoms with Crippen LogP contribution in [0.15, 0.2) is 47.4 Å². The molecule has 0 aliphatic carbocycles. The van der Waals surface area contributed by atoms with Crippen LogP contribution in [-0.2, 0) is 22.6 Å². The standard InChI is InChI=1S/C23H23N5O2.C2H4O2/c1-14(29)28-10-7-15-11-18-19(12-21(15)28)26-23(30)22(25-18)17-13-27(9-4-8-24)20-6-3-2-5-16(17)20;1-2(3)4/h2-3,5-6,11-13H,4,7-10,24H2,1H3,(H,26,30);1H3,(H,3,4). The van der Waals surface area contributed by atoms with Gasteiger partial charge in [0, 0.05) is 55.3 Å². The predicted molar refractivity (Wildman–Crippen MR) is 132 cm³/mol. The van der Waals surface area contributed by atoms with E-state index < -0.39 is 5.97 Å². The van der Waals surface area contributed by atoms with Crippen molar-refractivity contribution in [2.75, 3.05) is 18.0 Å². The number of hydrogen-bond acceptors (Lipinski definition) is 5. The maximum atomic E-state index is 13.0. The first-order valence-electron chi connectivity index (χ1n) is 11.1. The van der Waals surface area contributed by atoms with Gasteiger partial charge in [-0.15, -0.1) is 0 Å². The SMILES string of the molecule is CC(=O)N1CCc2cc3nc(-c4cn(CCCN)c5ccccc45)c(=O)[nH]c3cc21.CC(=O)O. The van der Waals surface area contributed by atoms with Gasteiger partial charge in [0.2, 0.25) is 5.91 Å². The molecule has 4 N–H and O–H groups in total. The highest BCUT2D eigenvalue weighted by Gasteiger charge is 2.24. The topological polar surface area (TPSA) is 134 Å². The first kappa shape index (κ1) is 23.2. The molecular formula is C25H27N5O4. The third-order valence-corrected chi connectivity index (χ3v) is 5.81. The van der Waals surface area contributed by atoms with Crippen LogP contribution in [0.5, 0.6) is 0 Å². The summed E-state index contributed by atoms with van der Waals surface area (Å²) in [4.78, 5) is 43.3. The van der Waals surface area contributed by atoms with Crippen molar-refractivity contribution < 1.29 is 14.7 Å². The highest BCUT2D eigenvalue weighted by atomic mass is 16.4. The molecule has 1 aliphatic heterocycles.